The summed E-state index contributed by atoms with van der Waals surface area (Å²) >= 11 is 0. The third-order valence-electron chi connectivity index (χ3n) is 3.01. The van der Waals surface area contributed by atoms with Gasteiger partial charge in [-0.1, -0.05) is 12.1 Å². The van der Waals surface area contributed by atoms with E-state index in [2.05, 4.69) is 6.58 Å². The van der Waals surface area contributed by atoms with Crippen molar-refractivity contribution in [3.05, 3.63) is 42.0 Å². The van der Waals surface area contributed by atoms with Gasteiger partial charge in [0.15, 0.2) is 0 Å². The molecule has 0 saturated carbocycles. The van der Waals surface area contributed by atoms with Gasteiger partial charge in [-0.25, -0.2) is 13.2 Å². The Labute approximate surface area is 124 Å². The number of carboxylic acids is 1. The van der Waals surface area contributed by atoms with Crippen LogP contribution >= 0.6 is 0 Å². The first kappa shape index (κ1) is 17.4. The Morgan fingerprint density at radius 3 is 2.67 bits per heavy atom. The Morgan fingerprint density at radius 2 is 2.14 bits per heavy atom. The first-order valence-corrected chi connectivity index (χ1v) is 7.73. The quantitative estimate of drug-likeness (QED) is 0.736. The van der Waals surface area contributed by atoms with Crippen LogP contribution in [0.5, 0.6) is 0 Å². The van der Waals surface area contributed by atoms with E-state index in [9.17, 15) is 13.2 Å². The molecule has 0 spiro atoms. The molecule has 0 atom stereocenters. The molecule has 1 rings (SSSR count). The molecular formula is C14H19NO5S. The third kappa shape index (κ3) is 3.90. The molecule has 0 aliphatic heterocycles. The number of methoxy groups -OCH3 is 1. The topological polar surface area (TPSA) is 83.9 Å². The largest absolute Gasteiger partial charge is 0.478 e. The number of hydrogen-bond acceptors (Lipinski definition) is 4. The summed E-state index contributed by atoms with van der Waals surface area (Å²) in [5.41, 5.74) is 0.192. The van der Waals surface area contributed by atoms with E-state index in [1.807, 2.05) is 0 Å². The van der Waals surface area contributed by atoms with Crippen molar-refractivity contribution in [2.45, 2.75) is 11.8 Å². The summed E-state index contributed by atoms with van der Waals surface area (Å²) in [7, 11) is -2.32. The van der Waals surface area contributed by atoms with Gasteiger partial charge in [-0.2, -0.15) is 4.31 Å². The van der Waals surface area contributed by atoms with E-state index in [1.54, 1.807) is 0 Å². The second kappa shape index (κ2) is 7.35. The minimum absolute atomic E-state index is 0.0136. The maximum atomic E-state index is 12.7. The Balaban J connectivity index is 3.31. The first-order chi connectivity index (χ1) is 9.86. The summed E-state index contributed by atoms with van der Waals surface area (Å²) in [5.74, 6) is -1.16. The van der Waals surface area contributed by atoms with Crippen molar-refractivity contribution in [1.82, 2.24) is 4.31 Å². The number of ether oxygens (including phenoxy) is 1. The lowest BCUT2D eigenvalue weighted by molar-refractivity contribution is 0.0696. The third-order valence-corrected chi connectivity index (χ3v) is 5.02. The molecule has 0 aliphatic carbocycles. The zero-order valence-electron chi connectivity index (χ0n) is 12.1. The molecule has 0 radical (unpaired) electrons. The van der Waals surface area contributed by atoms with Crippen LogP contribution < -0.4 is 0 Å². The second-order valence-electron chi connectivity index (χ2n) is 4.38. The molecule has 0 amide bonds. The number of carbonyl (C=O) groups is 1. The summed E-state index contributed by atoms with van der Waals surface area (Å²) in [5, 5.41) is 9.09. The van der Waals surface area contributed by atoms with Crippen LogP contribution in [0.1, 0.15) is 15.9 Å². The summed E-state index contributed by atoms with van der Waals surface area (Å²) in [6.45, 7) is 5.56. The smallest absolute Gasteiger partial charge is 0.335 e. The molecule has 1 N–H and O–H groups in total. The van der Waals surface area contributed by atoms with Gasteiger partial charge >= 0.3 is 5.97 Å². The molecule has 0 unspecified atom stereocenters. The van der Waals surface area contributed by atoms with Gasteiger partial charge in [-0.3, -0.25) is 0 Å². The molecule has 21 heavy (non-hydrogen) atoms. The van der Waals surface area contributed by atoms with Crippen LogP contribution in [0.25, 0.3) is 0 Å². The fourth-order valence-electron chi connectivity index (χ4n) is 1.91. The highest BCUT2D eigenvalue weighted by Gasteiger charge is 2.26. The van der Waals surface area contributed by atoms with Crippen molar-refractivity contribution in [2.75, 3.05) is 26.8 Å². The molecule has 0 aromatic heterocycles. The fraction of sp³-hybridized carbons (Fsp3) is 0.357. The molecule has 0 bridgehead atoms. The predicted octanol–water partition coefficient (Wildman–Crippen LogP) is 1.52. The Hall–Kier alpha value is -1.70. The zero-order valence-corrected chi connectivity index (χ0v) is 12.9. The van der Waals surface area contributed by atoms with E-state index >= 15 is 0 Å². The Bertz CT molecular complexity index is 624. The predicted molar refractivity (Wildman–Crippen MR) is 79.0 cm³/mol. The fourth-order valence-corrected chi connectivity index (χ4v) is 3.55. The van der Waals surface area contributed by atoms with Gasteiger partial charge in [0, 0.05) is 20.2 Å². The van der Waals surface area contributed by atoms with E-state index in [4.69, 9.17) is 9.84 Å². The molecule has 1 aromatic rings. The maximum absolute atomic E-state index is 12.7. The van der Waals surface area contributed by atoms with Crippen LogP contribution in [0.2, 0.25) is 0 Å². The Kier molecular flexibility index (Phi) is 6.07. The summed E-state index contributed by atoms with van der Waals surface area (Å²) < 4.78 is 31.4. The average molecular weight is 313 g/mol. The first-order valence-electron chi connectivity index (χ1n) is 6.29. The number of sulfonamides is 1. The minimum Gasteiger partial charge on any atom is -0.478 e. The Morgan fingerprint density at radius 1 is 1.48 bits per heavy atom. The highest BCUT2D eigenvalue weighted by Crippen LogP contribution is 2.22. The van der Waals surface area contributed by atoms with Gasteiger partial charge in [-0.15, -0.1) is 6.58 Å². The average Bonchev–Trinajstić information content (AvgIpc) is 2.42. The van der Waals surface area contributed by atoms with Gasteiger partial charge in [0.25, 0.3) is 0 Å². The minimum atomic E-state index is -3.80. The lowest BCUT2D eigenvalue weighted by Gasteiger charge is -2.21. The van der Waals surface area contributed by atoms with E-state index in [0.717, 1.165) is 0 Å². The summed E-state index contributed by atoms with van der Waals surface area (Å²) in [6, 6.07) is 4.20. The van der Waals surface area contributed by atoms with E-state index in [0.29, 0.717) is 0 Å². The van der Waals surface area contributed by atoms with Crippen molar-refractivity contribution < 1.29 is 23.1 Å². The molecule has 1 aromatic carbocycles. The molecule has 6 nitrogen and oxygen atoms in total. The van der Waals surface area contributed by atoms with Crippen molar-refractivity contribution in [1.29, 1.82) is 0 Å². The molecule has 116 valence electrons. The number of hydrogen-bond donors (Lipinski definition) is 1. The monoisotopic (exact) mass is 313 g/mol. The number of aromatic carboxylic acids is 1. The van der Waals surface area contributed by atoms with Crippen LogP contribution in [-0.4, -0.2) is 50.6 Å². The molecular weight excluding hydrogens is 294 g/mol. The lowest BCUT2D eigenvalue weighted by Crippen LogP contribution is -2.34. The summed E-state index contributed by atoms with van der Waals surface area (Å²) in [4.78, 5) is 11.1. The highest BCUT2D eigenvalue weighted by molar-refractivity contribution is 7.89. The lowest BCUT2D eigenvalue weighted by atomic mass is 10.1. The number of nitrogens with zero attached hydrogens (tertiary/aromatic N) is 1. The number of rotatable bonds is 8. The van der Waals surface area contributed by atoms with Crippen molar-refractivity contribution in [2.24, 2.45) is 0 Å². The maximum Gasteiger partial charge on any atom is 0.335 e. The number of carboxylic acid groups (broad SMARTS) is 1. The van der Waals surface area contributed by atoms with E-state index < -0.39 is 16.0 Å². The van der Waals surface area contributed by atoms with Crippen molar-refractivity contribution in [3.63, 3.8) is 0 Å². The van der Waals surface area contributed by atoms with Crippen LogP contribution in [0.15, 0.2) is 35.7 Å². The summed E-state index contributed by atoms with van der Waals surface area (Å²) in [6.07, 6.45) is 1.48. The molecule has 0 saturated heterocycles. The molecule has 0 aliphatic rings. The molecule has 0 heterocycles. The standard InChI is InChI=1S/C14H19NO5S/c1-4-8-15(9-10-20-3)21(18,19)13-7-5-6-12(11(13)2)14(16)17/h4-7H,1,8-10H2,2-3H3,(H,16,17). The van der Waals surface area contributed by atoms with Crippen LogP contribution in [-0.2, 0) is 14.8 Å². The van der Waals surface area contributed by atoms with Crippen molar-refractivity contribution >= 4 is 16.0 Å². The normalized spacial score (nSPS) is 11.6. The van der Waals surface area contributed by atoms with Gasteiger partial charge in [0.1, 0.15) is 0 Å². The van der Waals surface area contributed by atoms with E-state index in [1.165, 1.54) is 42.6 Å². The molecule has 7 heteroatoms. The van der Waals surface area contributed by atoms with Crippen LogP contribution in [0.4, 0.5) is 0 Å². The van der Waals surface area contributed by atoms with Gasteiger partial charge in [0.2, 0.25) is 10.0 Å². The van der Waals surface area contributed by atoms with Gasteiger partial charge < -0.3 is 9.84 Å². The molecule has 0 fully saturated rings. The second-order valence-corrected chi connectivity index (χ2v) is 6.28. The SMILES string of the molecule is C=CCN(CCOC)S(=O)(=O)c1cccc(C(=O)O)c1C. The van der Waals surface area contributed by atoms with Gasteiger partial charge in [-0.05, 0) is 24.6 Å². The van der Waals surface area contributed by atoms with E-state index in [-0.39, 0.29) is 35.7 Å². The van der Waals surface area contributed by atoms with Crippen LogP contribution in [0, 0.1) is 6.92 Å². The zero-order chi connectivity index (χ0) is 16.0. The highest BCUT2D eigenvalue weighted by atomic mass is 32.2. The van der Waals surface area contributed by atoms with Gasteiger partial charge in [0.05, 0.1) is 17.1 Å². The number of benzene rings is 1. The van der Waals surface area contributed by atoms with Crippen LogP contribution in [0.3, 0.4) is 0 Å². The van der Waals surface area contributed by atoms with Crippen molar-refractivity contribution in [3.8, 4) is 0 Å².